The number of fused-ring (bicyclic) bond motifs is 1. The number of methoxy groups -OCH3 is 1. The molecule has 0 unspecified atom stereocenters. The van der Waals surface area contributed by atoms with Gasteiger partial charge in [0.2, 0.25) is 15.9 Å². The van der Waals surface area contributed by atoms with Crippen molar-refractivity contribution >= 4 is 38.9 Å². The molecule has 0 spiro atoms. The van der Waals surface area contributed by atoms with Crippen molar-refractivity contribution in [3.63, 3.8) is 0 Å². The third kappa shape index (κ3) is 5.82. The maximum Gasteiger partial charge on any atom is 0.243 e. The van der Waals surface area contributed by atoms with Crippen molar-refractivity contribution in [3.8, 4) is 17.2 Å². The summed E-state index contributed by atoms with van der Waals surface area (Å²) in [5.41, 5.74) is 0.767. The van der Waals surface area contributed by atoms with Crippen LogP contribution < -0.4 is 24.8 Å². The van der Waals surface area contributed by atoms with Crippen molar-refractivity contribution < 1.29 is 27.4 Å². The second kappa shape index (κ2) is 11.0. The molecule has 0 atom stereocenters. The van der Waals surface area contributed by atoms with Crippen molar-refractivity contribution in [1.82, 2.24) is 4.31 Å². The minimum Gasteiger partial charge on any atom is -0.495 e. The van der Waals surface area contributed by atoms with Crippen LogP contribution in [0.25, 0.3) is 0 Å². The molecular formula is C22H28ClN3O6S. The third-order valence-electron chi connectivity index (χ3n) is 5.06. The molecule has 0 fully saturated rings. The van der Waals surface area contributed by atoms with Crippen LogP contribution in [0.2, 0.25) is 5.02 Å². The maximum atomic E-state index is 12.8. The van der Waals surface area contributed by atoms with E-state index in [-0.39, 0.29) is 17.1 Å². The number of carbonyl (C=O) groups is 1. The highest BCUT2D eigenvalue weighted by atomic mass is 35.5. The summed E-state index contributed by atoms with van der Waals surface area (Å²) in [5, 5.41) is 6.06. The van der Waals surface area contributed by atoms with E-state index in [0.29, 0.717) is 54.3 Å². The zero-order valence-corrected chi connectivity index (χ0v) is 20.4. The lowest BCUT2D eigenvalue weighted by molar-refractivity contribution is -0.114. The Balaban J connectivity index is 1.74. The Morgan fingerprint density at radius 2 is 1.76 bits per heavy atom. The fourth-order valence-electron chi connectivity index (χ4n) is 3.35. The van der Waals surface area contributed by atoms with Crippen molar-refractivity contribution in [3.05, 3.63) is 35.4 Å². The van der Waals surface area contributed by atoms with E-state index < -0.39 is 15.9 Å². The molecule has 0 radical (unpaired) electrons. The van der Waals surface area contributed by atoms with E-state index in [2.05, 4.69) is 10.6 Å². The molecule has 0 bridgehead atoms. The summed E-state index contributed by atoms with van der Waals surface area (Å²) < 4.78 is 43.6. The first-order chi connectivity index (χ1) is 15.8. The summed E-state index contributed by atoms with van der Waals surface area (Å²) in [4.78, 5) is 12.7. The molecule has 33 heavy (non-hydrogen) atoms. The largest absolute Gasteiger partial charge is 0.495 e. The van der Waals surface area contributed by atoms with E-state index in [1.165, 1.54) is 29.6 Å². The minimum atomic E-state index is -3.69. The molecule has 0 aliphatic carbocycles. The molecule has 1 aliphatic rings. The second-order valence-electron chi connectivity index (χ2n) is 7.18. The molecule has 2 aromatic carbocycles. The molecule has 1 amide bonds. The molecule has 0 saturated heterocycles. The Bertz CT molecular complexity index is 1110. The fourth-order valence-corrected chi connectivity index (χ4v) is 5.05. The van der Waals surface area contributed by atoms with Crippen LogP contribution in [0, 0.1) is 0 Å². The van der Waals surface area contributed by atoms with Gasteiger partial charge in [0.05, 0.1) is 48.2 Å². The van der Waals surface area contributed by atoms with Gasteiger partial charge in [-0.2, -0.15) is 4.31 Å². The highest BCUT2D eigenvalue weighted by Crippen LogP contribution is 2.37. The van der Waals surface area contributed by atoms with Gasteiger partial charge in [-0.15, -0.1) is 0 Å². The first kappa shape index (κ1) is 24.9. The van der Waals surface area contributed by atoms with Crippen LogP contribution in [0.1, 0.15) is 20.3 Å². The van der Waals surface area contributed by atoms with E-state index in [4.69, 9.17) is 25.8 Å². The minimum absolute atomic E-state index is 0.0706. The lowest BCUT2D eigenvalue weighted by atomic mass is 10.2. The number of amides is 1. The monoisotopic (exact) mass is 497 g/mol. The molecule has 2 aromatic rings. The van der Waals surface area contributed by atoms with Gasteiger partial charge < -0.3 is 24.8 Å². The number of sulfonamides is 1. The van der Waals surface area contributed by atoms with E-state index in [9.17, 15) is 13.2 Å². The van der Waals surface area contributed by atoms with Crippen LogP contribution in [0.5, 0.6) is 17.2 Å². The SMILES string of the molecule is CCN(CC)S(=O)(=O)c1ccc(OC)c(NC(=O)CNc2cc3c(cc2Cl)OCCCO3)c1. The first-order valence-electron chi connectivity index (χ1n) is 10.6. The van der Waals surface area contributed by atoms with Crippen LogP contribution >= 0.6 is 11.6 Å². The van der Waals surface area contributed by atoms with Crippen molar-refractivity contribution in [1.29, 1.82) is 0 Å². The average molecular weight is 498 g/mol. The van der Waals surface area contributed by atoms with Crippen LogP contribution in [-0.2, 0) is 14.8 Å². The normalized spacial score (nSPS) is 13.4. The van der Waals surface area contributed by atoms with Gasteiger partial charge in [-0.3, -0.25) is 4.79 Å². The molecule has 11 heteroatoms. The standard InChI is InChI=1S/C22H28ClN3O6S/c1-4-26(5-2)33(28,29)15-7-8-19(30-3)18(11-15)25-22(27)14-24-17-13-21-20(12-16(17)23)31-9-6-10-32-21/h7-8,11-13,24H,4-6,9-10,14H2,1-3H3,(H,25,27). The first-order valence-corrected chi connectivity index (χ1v) is 12.4. The lowest BCUT2D eigenvalue weighted by Gasteiger charge is -2.20. The van der Waals surface area contributed by atoms with Gasteiger partial charge in [-0.05, 0) is 18.2 Å². The van der Waals surface area contributed by atoms with Gasteiger partial charge in [0.1, 0.15) is 5.75 Å². The van der Waals surface area contributed by atoms with Crippen molar-refractivity contribution in [2.45, 2.75) is 25.2 Å². The van der Waals surface area contributed by atoms with Crippen LogP contribution in [0.4, 0.5) is 11.4 Å². The Hall–Kier alpha value is -2.69. The van der Waals surface area contributed by atoms with Crippen LogP contribution in [0.15, 0.2) is 35.2 Å². The topological polar surface area (TPSA) is 106 Å². The number of benzene rings is 2. The van der Waals surface area contributed by atoms with E-state index in [1.54, 1.807) is 26.0 Å². The number of hydrogen-bond acceptors (Lipinski definition) is 7. The second-order valence-corrected chi connectivity index (χ2v) is 9.53. The number of hydrogen-bond donors (Lipinski definition) is 2. The summed E-state index contributed by atoms with van der Waals surface area (Å²) >= 11 is 6.31. The van der Waals surface area contributed by atoms with Crippen LogP contribution in [-0.4, -0.2) is 58.6 Å². The predicted molar refractivity (Wildman–Crippen MR) is 127 cm³/mol. The number of rotatable bonds is 9. The quantitative estimate of drug-likeness (QED) is 0.545. The summed E-state index contributed by atoms with van der Waals surface area (Å²) in [7, 11) is -2.25. The molecule has 180 valence electrons. The van der Waals surface area contributed by atoms with E-state index >= 15 is 0 Å². The van der Waals surface area contributed by atoms with Gasteiger partial charge in [0.25, 0.3) is 0 Å². The number of nitrogens with zero attached hydrogens (tertiary/aromatic N) is 1. The zero-order chi connectivity index (χ0) is 24.0. The molecular weight excluding hydrogens is 470 g/mol. The van der Waals surface area contributed by atoms with Crippen molar-refractivity contribution in [2.75, 3.05) is 50.6 Å². The number of halogens is 1. The maximum absolute atomic E-state index is 12.8. The fraction of sp³-hybridized carbons (Fsp3) is 0.409. The summed E-state index contributed by atoms with van der Waals surface area (Å²) in [6.07, 6.45) is 0.766. The highest BCUT2D eigenvalue weighted by Gasteiger charge is 2.23. The lowest BCUT2D eigenvalue weighted by Crippen LogP contribution is -2.30. The van der Waals surface area contributed by atoms with Gasteiger partial charge in [-0.1, -0.05) is 25.4 Å². The molecule has 0 aromatic heterocycles. The summed E-state index contributed by atoms with van der Waals surface area (Å²) in [6, 6.07) is 7.70. The number of anilines is 2. The number of ether oxygens (including phenoxy) is 3. The molecule has 2 N–H and O–H groups in total. The average Bonchev–Trinajstić information content (AvgIpc) is 3.02. The Labute approximate surface area is 199 Å². The molecule has 1 heterocycles. The third-order valence-corrected chi connectivity index (χ3v) is 7.42. The summed E-state index contributed by atoms with van der Waals surface area (Å²) in [6.45, 7) is 5.17. The van der Waals surface area contributed by atoms with Gasteiger partial charge >= 0.3 is 0 Å². The molecule has 9 nitrogen and oxygen atoms in total. The number of carbonyl (C=O) groups excluding carboxylic acids is 1. The molecule has 1 aliphatic heterocycles. The van der Waals surface area contributed by atoms with Crippen molar-refractivity contribution in [2.24, 2.45) is 0 Å². The van der Waals surface area contributed by atoms with Gasteiger partial charge in [0.15, 0.2) is 11.5 Å². The Morgan fingerprint density at radius 1 is 1.09 bits per heavy atom. The Kier molecular flexibility index (Phi) is 8.28. The smallest absolute Gasteiger partial charge is 0.243 e. The highest BCUT2D eigenvalue weighted by molar-refractivity contribution is 7.89. The molecule has 0 saturated carbocycles. The van der Waals surface area contributed by atoms with Gasteiger partial charge in [0, 0.05) is 31.6 Å². The van der Waals surface area contributed by atoms with E-state index in [1.807, 2.05) is 0 Å². The molecule has 3 rings (SSSR count). The van der Waals surface area contributed by atoms with Crippen LogP contribution in [0.3, 0.4) is 0 Å². The van der Waals surface area contributed by atoms with Gasteiger partial charge in [-0.25, -0.2) is 8.42 Å². The summed E-state index contributed by atoms with van der Waals surface area (Å²) in [5.74, 6) is 1.04. The number of nitrogens with one attached hydrogen (secondary N) is 2. The zero-order valence-electron chi connectivity index (χ0n) is 18.8. The Morgan fingerprint density at radius 3 is 2.39 bits per heavy atom. The van der Waals surface area contributed by atoms with E-state index in [0.717, 1.165) is 6.42 Å². The predicted octanol–water partition coefficient (Wildman–Crippen LogP) is 3.59.